The standard InChI is InChI=1S/C22H18ClNO3/c1-14-8-9-15(22(26)27-2)12-19(14)21(25)18-11-10-17(13-20(18)23)24-16-6-4-3-5-7-16/h3-13,24H,1-2H3. The lowest BCUT2D eigenvalue weighted by molar-refractivity contribution is 0.0600. The first-order chi connectivity index (χ1) is 13.0. The Balaban J connectivity index is 1.90. The van der Waals surface area contributed by atoms with Gasteiger partial charge >= 0.3 is 5.97 Å². The van der Waals surface area contributed by atoms with E-state index in [0.29, 0.717) is 21.7 Å². The van der Waals surface area contributed by atoms with E-state index in [1.54, 1.807) is 30.3 Å². The van der Waals surface area contributed by atoms with Gasteiger partial charge in [-0.25, -0.2) is 4.79 Å². The number of benzene rings is 3. The number of carbonyl (C=O) groups is 2. The maximum Gasteiger partial charge on any atom is 0.337 e. The van der Waals surface area contributed by atoms with Gasteiger partial charge in [0, 0.05) is 22.5 Å². The Labute approximate surface area is 162 Å². The van der Waals surface area contributed by atoms with Crippen LogP contribution in [0.15, 0.2) is 66.7 Å². The number of esters is 1. The molecule has 0 saturated carbocycles. The van der Waals surface area contributed by atoms with Crippen LogP contribution in [0.3, 0.4) is 0 Å². The second-order valence-corrected chi connectivity index (χ2v) is 6.44. The molecule has 0 saturated heterocycles. The number of hydrogen-bond donors (Lipinski definition) is 1. The molecule has 0 amide bonds. The van der Waals surface area contributed by atoms with Crippen LogP contribution in [-0.2, 0) is 4.74 Å². The molecule has 136 valence electrons. The van der Waals surface area contributed by atoms with Crippen LogP contribution in [0.1, 0.15) is 31.8 Å². The first kappa shape index (κ1) is 18.7. The molecule has 3 aromatic rings. The van der Waals surface area contributed by atoms with Gasteiger partial charge in [-0.15, -0.1) is 0 Å². The van der Waals surface area contributed by atoms with Crippen molar-refractivity contribution >= 4 is 34.7 Å². The number of hydrogen-bond acceptors (Lipinski definition) is 4. The van der Waals surface area contributed by atoms with Crippen LogP contribution < -0.4 is 5.32 Å². The van der Waals surface area contributed by atoms with Crippen LogP contribution in [0, 0.1) is 6.92 Å². The Morgan fingerprint density at radius 1 is 0.889 bits per heavy atom. The Morgan fingerprint density at radius 3 is 2.30 bits per heavy atom. The first-order valence-electron chi connectivity index (χ1n) is 8.35. The lowest BCUT2D eigenvalue weighted by Crippen LogP contribution is -2.08. The minimum atomic E-state index is -0.488. The van der Waals surface area contributed by atoms with Gasteiger partial charge in [-0.1, -0.05) is 35.9 Å². The third kappa shape index (κ3) is 4.18. The average Bonchev–Trinajstić information content (AvgIpc) is 2.68. The summed E-state index contributed by atoms with van der Waals surface area (Å²) in [5.74, 6) is -0.730. The van der Waals surface area contributed by atoms with Gasteiger partial charge in [-0.3, -0.25) is 4.79 Å². The van der Waals surface area contributed by atoms with Gasteiger partial charge in [-0.2, -0.15) is 0 Å². The molecule has 0 unspecified atom stereocenters. The van der Waals surface area contributed by atoms with Gasteiger partial charge < -0.3 is 10.1 Å². The maximum atomic E-state index is 13.0. The predicted molar refractivity (Wildman–Crippen MR) is 107 cm³/mol. The fraction of sp³-hybridized carbons (Fsp3) is 0.0909. The smallest absolute Gasteiger partial charge is 0.337 e. The molecule has 0 aliphatic carbocycles. The quantitative estimate of drug-likeness (QED) is 0.475. The maximum absolute atomic E-state index is 13.0. The number of methoxy groups -OCH3 is 1. The molecule has 1 N–H and O–H groups in total. The van der Waals surface area contributed by atoms with E-state index >= 15 is 0 Å². The Bertz CT molecular complexity index is 1000. The monoisotopic (exact) mass is 379 g/mol. The van der Waals surface area contributed by atoms with E-state index in [4.69, 9.17) is 16.3 Å². The SMILES string of the molecule is COC(=O)c1ccc(C)c(C(=O)c2ccc(Nc3ccccc3)cc2Cl)c1. The summed E-state index contributed by atoms with van der Waals surface area (Å²) in [6, 6.07) is 19.7. The zero-order valence-electron chi connectivity index (χ0n) is 15.0. The molecule has 0 aromatic heterocycles. The highest BCUT2D eigenvalue weighted by Gasteiger charge is 2.18. The Morgan fingerprint density at radius 2 is 1.63 bits per heavy atom. The molecule has 0 atom stereocenters. The fourth-order valence-corrected chi connectivity index (χ4v) is 2.99. The van der Waals surface area contributed by atoms with E-state index in [-0.39, 0.29) is 5.78 Å². The number of ether oxygens (including phenoxy) is 1. The molecular formula is C22H18ClNO3. The molecule has 0 fully saturated rings. The molecule has 0 spiro atoms. The van der Waals surface area contributed by atoms with Crippen molar-refractivity contribution in [2.45, 2.75) is 6.92 Å². The molecule has 3 rings (SSSR count). The van der Waals surface area contributed by atoms with Crippen LogP contribution in [0.4, 0.5) is 11.4 Å². The summed E-state index contributed by atoms with van der Waals surface area (Å²) in [6.07, 6.45) is 0. The van der Waals surface area contributed by atoms with E-state index in [2.05, 4.69) is 5.32 Å². The highest BCUT2D eigenvalue weighted by atomic mass is 35.5. The second kappa shape index (κ2) is 8.06. The van der Waals surface area contributed by atoms with Crippen molar-refractivity contribution < 1.29 is 14.3 Å². The van der Waals surface area contributed by atoms with Crippen LogP contribution in [0.2, 0.25) is 5.02 Å². The molecule has 27 heavy (non-hydrogen) atoms. The van der Waals surface area contributed by atoms with E-state index in [1.165, 1.54) is 13.2 Å². The van der Waals surface area contributed by atoms with Gasteiger partial charge in [0.2, 0.25) is 0 Å². The molecule has 0 aliphatic rings. The first-order valence-corrected chi connectivity index (χ1v) is 8.72. The summed E-state index contributed by atoms with van der Waals surface area (Å²) < 4.78 is 4.73. The molecule has 5 heteroatoms. The van der Waals surface area contributed by atoms with Crippen molar-refractivity contribution in [1.29, 1.82) is 0 Å². The van der Waals surface area contributed by atoms with Gasteiger partial charge in [0.1, 0.15) is 0 Å². The molecule has 0 bridgehead atoms. The molecular weight excluding hydrogens is 362 g/mol. The molecule has 4 nitrogen and oxygen atoms in total. The molecule has 0 radical (unpaired) electrons. The second-order valence-electron chi connectivity index (χ2n) is 6.04. The number of anilines is 2. The van der Waals surface area contributed by atoms with E-state index in [0.717, 1.165) is 16.9 Å². The van der Waals surface area contributed by atoms with Crippen LogP contribution in [-0.4, -0.2) is 18.9 Å². The van der Waals surface area contributed by atoms with Crippen LogP contribution in [0.5, 0.6) is 0 Å². The number of para-hydroxylation sites is 1. The topological polar surface area (TPSA) is 55.4 Å². The summed E-state index contributed by atoms with van der Waals surface area (Å²) in [4.78, 5) is 24.7. The Kier molecular flexibility index (Phi) is 5.57. The largest absolute Gasteiger partial charge is 0.465 e. The zero-order chi connectivity index (χ0) is 19.4. The van der Waals surface area contributed by atoms with Crippen molar-refractivity contribution in [1.82, 2.24) is 0 Å². The summed E-state index contributed by atoms with van der Waals surface area (Å²) in [7, 11) is 1.30. The van der Waals surface area contributed by atoms with E-state index in [1.807, 2.05) is 37.3 Å². The molecule has 3 aromatic carbocycles. The van der Waals surface area contributed by atoms with Crippen molar-refractivity contribution in [2.24, 2.45) is 0 Å². The lowest BCUT2D eigenvalue weighted by atomic mass is 9.96. The van der Waals surface area contributed by atoms with Gasteiger partial charge in [-0.05, 0) is 55.0 Å². The Hall–Kier alpha value is -3.11. The number of ketones is 1. The van der Waals surface area contributed by atoms with Crippen molar-refractivity contribution in [3.05, 3.63) is 94.0 Å². The summed E-state index contributed by atoms with van der Waals surface area (Å²) in [6.45, 7) is 1.81. The van der Waals surface area contributed by atoms with Gasteiger partial charge in [0.25, 0.3) is 0 Å². The van der Waals surface area contributed by atoms with Gasteiger partial charge in [0.15, 0.2) is 5.78 Å². The van der Waals surface area contributed by atoms with Crippen molar-refractivity contribution in [3.63, 3.8) is 0 Å². The van der Waals surface area contributed by atoms with Crippen LogP contribution >= 0.6 is 11.6 Å². The predicted octanol–water partition coefficient (Wildman–Crippen LogP) is 5.41. The highest BCUT2D eigenvalue weighted by molar-refractivity contribution is 6.35. The third-order valence-corrected chi connectivity index (χ3v) is 4.49. The van der Waals surface area contributed by atoms with Gasteiger partial charge in [0.05, 0.1) is 17.7 Å². The summed E-state index contributed by atoms with van der Waals surface area (Å²) >= 11 is 6.37. The van der Waals surface area contributed by atoms with E-state index < -0.39 is 5.97 Å². The minimum absolute atomic E-state index is 0.241. The average molecular weight is 380 g/mol. The zero-order valence-corrected chi connectivity index (χ0v) is 15.7. The van der Waals surface area contributed by atoms with Crippen LogP contribution in [0.25, 0.3) is 0 Å². The summed E-state index contributed by atoms with van der Waals surface area (Å²) in [5, 5.41) is 3.57. The van der Waals surface area contributed by atoms with Crippen molar-refractivity contribution in [3.8, 4) is 0 Å². The summed E-state index contributed by atoms with van der Waals surface area (Å²) in [5.41, 5.74) is 3.58. The van der Waals surface area contributed by atoms with Crippen molar-refractivity contribution in [2.75, 3.05) is 12.4 Å². The number of aryl methyl sites for hydroxylation is 1. The molecule has 0 heterocycles. The number of rotatable bonds is 5. The highest BCUT2D eigenvalue weighted by Crippen LogP contribution is 2.27. The van der Waals surface area contributed by atoms with E-state index in [9.17, 15) is 9.59 Å². The number of nitrogens with one attached hydrogen (secondary N) is 1. The number of carbonyl (C=O) groups excluding carboxylic acids is 2. The molecule has 0 aliphatic heterocycles. The minimum Gasteiger partial charge on any atom is -0.465 e. The lowest BCUT2D eigenvalue weighted by Gasteiger charge is -2.11. The number of halogens is 1. The fourth-order valence-electron chi connectivity index (χ4n) is 2.72. The normalized spacial score (nSPS) is 10.3. The third-order valence-electron chi connectivity index (χ3n) is 4.18.